The highest BCUT2D eigenvalue weighted by atomic mass is 19.4. The van der Waals surface area contributed by atoms with Gasteiger partial charge in [0, 0.05) is 6.54 Å². The molecule has 2 rings (SSSR count). The second-order valence-corrected chi connectivity index (χ2v) is 5.51. The maximum absolute atomic E-state index is 13.6. The normalized spacial score (nSPS) is 11.0. The Balaban J connectivity index is 1.94. The Hall–Kier alpha value is -2.97. The summed E-state index contributed by atoms with van der Waals surface area (Å²) in [7, 11) is 3.01. The zero-order chi connectivity index (χ0) is 20.0. The van der Waals surface area contributed by atoms with E-state index in [0.717, 1.165) is 5.56 Å². The van der Waals surface area contributed by atoms with Crippen molar-refractivity contribution in [3.8, 4) is 11.5 Å². The van der Waals surface area contributed by atoms with Gasteiger partial charge in [0.15, 0.2) is 11.5 Å². The number of hydrogen-bond acceptors (Lipinski definition) is 3. The third-order valence-electron chi connectivity index (χ3n) is 3.69. The Morgan fingerprint density at radius 3 is 2.37 bits per heavy atom. The van der Waals surface area contributed by atoms with Crippen LogP contribution < -0.4 is 20.1 Å². The van der Waals surface area contributed by atoms with Gasteiger partial charge in [-0.15, -0.1) is 0 Å². The Kier molecular flexibility index (Phi) is 6.49. The van der Waals surface area contributed by atoms with Gasteiger partial charge < -0.3 is 20.1 Å². The van der Waals surface area contributed by atoms with Gasteiger partial charge in [0.05, 0.1) is 25.5 Å². The van der Waals surface area contributed by atoms with Crippen LogP contribution in [0.1, 0.15) is 11.1 Å². The molecule has 27 heavy (non-hydrogen) atoms. The van der Waals surface area contributed by atoms with E-state index in [-0.39, 0.29) is 6.54 Å². The number of anilines is 1. The maximum Gasteiger partial charge on any atom is 0.416 e. The first kappa shape index (κ1) is 20.3. The molecule has 0 atom stereocenters. The van der Waals surface area contributed by atoms with Gasteiger partial charge in [0.1, 0.15) is 5.82 Å². The Bertz CT molecular complexity index is 810. The molecule has 5 nitrogen and oxygen atoms in total. The van der Waals surface area contributed by atoms with Crippen LogP contribution in [0.2, 0.25) is 0 Å². The van der Waals surface area contributed by atoms with Gasteiger partial charge in [-0.1, -0.05) is 6.07 Å². The first-order valence-corrected chi connectivity index (χ1v) is 7.87. The van der Waals surface area contributed by atoms with E-state index < -0.39 is 29.3 Å². The van der Waals surface area contributed by atoms with Crippen molar-refractivity contribution in [1.82, 2.24) is 5.32 Å². The minimum Gasteiger partial charge on any atom is -0.493 e. The molecule has 0 aliphatic rings. The quantitative estimate of drug-likeness (QED) is 0.731. The first-order valence-electron chi connectivity index (χ1n) is 7.87. The molecular formula is C18H18F4N2O3. The van der Waals surface area contributed by atoms with E-state index >= 15 is 0 Å². The molecule has 0 spiro atoms. The average Bonchev–Trinajstić information content (AvgIpc) is 2.62. The van der Waals surface area contributed by atoms with Crippen molar-refractivity contribution in [2.75, 3.05) is 26.1 Å². The van der Waals surface area contributed by atoms with E-state index in [1.807, 2.05) is 0 Å². The third kappa shape index (κ3) is 5.50. The smallest absolute Gasteiger partial charge is 0.416 e. The van der Waals surface area contributed by atoms with Gasteiger partial charge in [-0.2, -0.15) is 13.2 Å². The van der Waals surface area contributed by atoms with E-state index in [9.17, 15) is 22.4 Å². The molecule has 2 aromatic carbocycles. The summed E-state index contributed by atoms with van der Waals surface area (Å²) in [6.45, 7) is 0.182. The standard InChI is InChI=1S/C18H18F4N2O3/c1-26-15-6-3-11(9-16(15)27-2)7-8-23-17(25)24-14-10-12(18(20,21)22)4-5-13(14)19/h3-6,9-10H,7-8H2,1-2H3,(H2,23,24,25). The lowest BCUT2D eigenvalue weighted by molar-refractivity contribution is -0.137. The van der Waals surface area contributed by atoms with E-state index in [1.54, 1.807) is 18.2 Å². The molecule has 0 unspecified atom stereocenters. The maximum atomic E-state index is 13.6. The van der Waals surface area contributed by atoms with Gasteiger partial charge in [0.25, 0.3) is 0 Å². The molecule has 0 radical (unpaired) electrons. The van der Waals surface area contributed by atoms with Gasteiger partial charge in [-0.25, -0.2) is 9.18 Å². The van der Waals surface area contributed by atoms with Crippen LogP contribution in [-0.4, -0.2) is 26.8 Å². The zero-order valence-electron chi connectivity index (χ0n) is 14.6. The van der Waals surface area contributed by atoms with Crippen LogP contribution in [0.4, 0.5) is 28.0 Å². The highest BCUT2D eigenvalue weighted by Crippen LogP contribution is 2.31. The first-order chi connectivity index (χ1) is 12.7. The number of urea groups is 1. The van der Waals surface area contributed by atoms with Crippen molar-refractivity contribution in [1.29, 1.82) is 0 Å². The van der Waals surface area contributed by atoms with Crippen LogP contribution >= 0.6 is 0 Å². The monoisotopic (exact) mass is 386 g/mol. The van der Waals surface area contributed by atoms with Crippen LogP contribution in [0.15, 0.2) is 36.4 Å². The topological polar surface area (TPSA) is 59.6 Å². The van der Waals surface area contributed by atoms with Gasteiger partial charge in [-0.3, -0.25) is 0 Å². The predicted molar refractivity (Wildman–Crippen MR) is 91.7 cm³/mol. The van der Waals surface area contributed by atoms with Crippen molar-refractivity contribution >= 4 is 11.7 Å². The second-order valence-electron chi connectivity index (χ2n) is 5.51. The van der Waals surface area contributed by atoms with Crippen molar-refractivity contribution in [3.05, 3.63) is 53.3 Å². The van der Waals surface area contributed by atoms with Crippen LogP contribution in [0.3, 0.4) is 0 Å². The summed E-state index contributed by atoms with van der Waals surface area (Å²) in [4.78, 5) is 11.8. The van der Waals surface area contributed by atoms with Crippen LogP contribution in [-0.2, 0) is 12.6 Å². The molecule has 0 bridgehead atoms. The van der Waals surface area contributed by atoms with Crippen molar-refractivity contribution in [3.63, 3.8) is 0 Å². The minimum absolute atomic E-state index is 0.182. The predicted octanol–water partition coefficient (Wildman–Crippen LogP) is 4.23. The second kappa shape index (κ2) is 8.61. The molecule has 0 aromatic heterocycles. The average molecular weight is 386 g/mol. The fraction of sp³-hybridized carbons (Fsp3) is 0.278. The highest BCUT2D eigenvalue weighted by Gasteiger charge is 2.31. The summed E-state index contributed by atoms with van der Waals surface area (Å²) in [5, 5.41) is 4.54. The lowest BCUT2D eigenvalue weighted by atomic mass is 10.1. The lowest BCUT2D eigenvalue weighted by Gasteiger charge is -2.12. The van der Waals surface area contributed by atoms with Crippen LogP contribution in [0, 0.1) is 5.82 Å². The summed E-state index contributed by atoms with van der Waals surface area (Å²) >= 11 is 0. The number of alkyl halides is 3. The molecule has 0 saturated heterocycles. The van der Waals surface area contributed by atoms with Crippen molar-refractivity contribution < 1.29 is 31.8 Å². The number of ether oxygens (including phenoxy) is 2. The molecule has 0 aliphatic heterocycles. The molecule has 2 aromatic rings. The molecule has 2 N–H and O–H groups in total. The number of methoxy groups -OCH3 is 2. The number of halogens is 4. The van der Waals surface area contributed by atoms with E-state index in [4.69, 9.17) is 9.47 Å². The molecule has 0 saturated carbocycles. The van der Waals surface area contributed by atoms with Gasteiger partial charge >= 0.3 is 12.2 Å². The zero-order valence-corrected chi connectivity index (χ0v) is 14.6. The van der Waals surface area contributed by atoms with E-state index in [2.05, 4.69) is 10.6 Å². The van der Waals surface area contributed by atoms with Gasteiger partial charge in [0.2, 0.25) is 0 Å². The molecule has 2 amide bonds. The largest absolute Gasteiger partial charge is 0.493 e. The van der Waals surface area contributed by atoms with E-state index in [1.165, 1.54) is 14.2 Å². The number of hydrogen-bond donors (Lipinski definition) is 2. The van der Waals surface area contributed by atoms with Crippen molar-refractivity contribution in [2.45, 2.75) is 12.6 Å². The van der Waals surface area contributed by atoms with E-state index in [0.29, 0.717) is 36.1 Å². The fourth-order valence-corrected chi connectivity index (χ4v) is 2.32. The Morgan fingerprint density at radius 2 is 1.74 bits per heavy atom. The molecular weight excluding hydrogens is 368 g/mol. The molecule has 146 valence electrons. The Morgan fingerprint density at radius 1 is 1.04 bits per heavy atom. The molecule has 0 fully saturated rings. The van der Waals surface area contributed by atoms with Gasteiger partial charge in [-0.05, 0) is 42.3 Å². The number of carbonyl (C=O) groups is 1. The number of benzene rings is 2. The molecule has 9 heteroatoms. The number of rotatable bonds is 6. The van der Waals surface area contributed by atoms with Crippen LogP contribution in [0.25, 0.3) is 0 Å². The fourth-order valence-electron chi connectivity index (χ4n) is 2.32. The SMILES string of the molecule is COc1ccc(CCNC(=O)Nc2cc(C(F)(F)F)ccc2F)cc1OC. The Labute approximate surface area is 153 Å². The number of carbonyl (C=O) groups excluding carboxylic acids is 1. The van der Waals surface area contributed by atoms with Crippen LogP contribution in [0.5, 0.6) is 11.5 Å². The number of amides is 2. The summed E-state index contributed by atoms with van der Waals surface area (Å²) < 4.78 is 61.9. The summed E-state index contributed by atoms with van der Waals surface area (Å²) in [6.07, 6.45) is -4.20. The van der Waals surface area contributed by atoms with Crippen molar-refractivity contribution in [2.24, 2.45) is 0 Å². The summed E-state index contributed by atoms with van der Waals surface area (Å²) in [6, 6.07) is 6.24. The summed E-state index contributed by atoms with van der Waals surface area (Å²) in [5.74, 6) is 0.135. The number of nitrogens with one attached hydrogen (secondary N) is 2. The molecule has 0 aliphatic carbocycles. The minimum atomic E-state index is -4.63. The highest BCUT2D eigenvalue weighted by molar-refractivity contribution is 5.89. The lowest BCUT2D eigenvalue weighted by Crippen LogP contribution is -2.30. The molecule has 0 heterocycles. The third-order valence-corrected chi connectivity index (χ3v) is 3.69. The summed E-state index contributed by atoms with van der Waals surface area (Å²) in [5.41, 5.74) is -0.754.